The summed E-state index contributed by atoms with van der Waals surface area (Å²) in [4.78, 5) is 33.9. The lowest BCUT2D eigenvalue weighted by molar-refractivity contribution is -0.149. The molecule has 0 aliphatic rings. The number of carbonyl (C=O) groups excluding carboxylic acids is 3. The molecule has 0 radical (unpaired) electrons. The van der Waals surface area contributed by atoms with Gasteiger partial charge in [-0.1, -0.05) is 19.7 Å². The highest BCUT2D eigenvalue weighted by atomic mass is 28.4. The van der Waals surface area contributed by atoms with Crippen molar-refractivity contribution in [3.63, 3.8) is 0 Å². The van der Waals surface area contributed by atoms with E-state index in [4.69, 9.17) is 0 Å². The molecule has 0 aromatic heterocycles. The third-order valence-corrected chi connectivity index (χ3v) is 2.98. The molecule has 0 aromatic carbocycles. The SMILES string of the molecule is C=C(C)C(=O)O[Si](F)(OC(=O)C(=C)C)OC(=O)C(=C)C. The first kappa shape index (κ1) is 17.8. The molecule has 110 valence electrons. The monoisotopic (exact) mass is 302 g/mol. The highest BCUT2D eigenvalue weighted by Crippen LogP contribution is 2.17. The zero-order valence-electron chi connectivity index (χ0n) is 11.4. The van der Waals surface area contributed by atoms with Crippen LogP contribution in [0.1, 0.15) is 20.8 Å². The second kappa shape index (κ2) is 6.80. The van der Waals surface area contributed by atoms with Gasteiger partial charge in [0.2, 0.25) is 0 Å². The van der Waals surface area contributed by atoms with E-state index in [1.165, 1.54) is 20.8 Å². The summed E-state index contributed by atoms with van der Waals surface area (Å²) in [6.45, 7) is 13.4. The molecule has 0 aliphatic heterocycles. The van der Waals surface area contributed by atoms with E-state index in [1.807, 2.05) is 0 Å². The quantitative estimate of drug-likeness (QED) is 0.422. The Bertz CT molecular complexity index is 427. The fourth-order valence-electron chi connectivity index (χ4n) is 0.656. The summed E-state index contributed by atoms with van der Waals surface area (Å²) < 4.78 is 27.2. The van der Waals surface area contributed by atoms with E-state index in [2.05, 4.69) is 33.0 Å². The van der Waals surface area contributed by atoms with Gasteiger partial charge in [0.05, 0.1) is 0 Å². The summed E-state index contributed by atoms with van der Waals surface area (Å²) in [5.41, 5.74) is -0.466. The van der Waals surface area contributed by atoms with Gasteiger partial charge in [0.1, 0.15) is 0 Å². The Morgan fingerprint density at radius 1 is 0.750 bits per heavy atom. The molecule has 0 bridgehead atoms. The first-order valence-corrected chi connectivity index (χ1v) is 6.94. The number of rotatable bonds is 6. The largest absolute Gasteiger partial charge is 0.943 e. The van der Waals surface area contributed by atoms with Crippen LogP contribution in [0.5, 0.6) is 0 Å². The van der Waals surface area contributed by atoms with Crippen LogP contribution in [-0.2, 0) is 27.7 Å². The molecule has 0 atom stereocenters. The molecular weight excluding hydrogens is 287 g/mol. The zero-order valence-corrected chi connectivity index (χ0v) is 12.4. The van der Waals surface area contributed by atoms with Gasteiger partial charge in [-0.05, 0) is 20.8 Å². The molecule has 20 heavy (non-hydrogen) atoms. The third-order valence-electron chi connectivity index (χ3n) is 1.69. The lowest BCUT2D eigenvalue weighted by Gasteiger charge is -2.19. The van der Waals surface area contributed by atoms with Crippen molar-refractivity contribution in [2.45, 2.75) is 20.8 Å². The van der Waals surface area contributed by atoms with Crippen LogP contribution in [0.4, 0.5) is 4.11 Å². The highest BCUT2D eigenvalue weighted by Gasteiger charge is 2.58. The van der Waals surface area contributed by atoms with Crippen LogP contribution < -0.4 is 0 Å². The molecule has 0 amide bonds. The van der Waals surface area contributed by atoms with Crippen LogP contribution in [0.15, 0.2) is 36.5 Å². The maximum absolute atomic E-state index is 14.3. The van der Waals surface area contributed by atoms with Gasteiger partial charge in [0.25, 0.3) is 0 Å². The van der Waals surface area contributed by atoms with Crippen molar-refractivity contribution in [2.75, 3.05) is 0 Å². The second-order valence-corrected chi connectivity index (χ2v) is 5.57. The maximum atomic E-state index is 14.3. The molecule has 6 nitrogen and oxygen atoms in total. The lowest BCUT2D eigenvalue weighted by atomic mass is 10.4. The number of carbonyl (C=O) groups is 3. The van der Waals surface area contributed by atoms with Crippen molar-refractivity contribution >= 4 is 27.0 Å². The van der Waals surface area contributed by atoms with Gasteiger partial charge < -0.3 is 13.3 Å². The van der Waals surface area contributed by atoms with Crippen LogP contribution in [0.2, 0.25) is 0 Å². The average molecular weight is 302 g/mol. The topological polar surface area (TPSA) is 78.9 Å². The number of hydrogen-bond acceptors (Lipinski definition) is 6. The highest BCUT2D eigenvalue weighted by molar-refractivity contribution is 6.59. The fourth-order valence-corrected chi connectivity index (χ4v) is 1.97. The summed E-state index contributed by atoms with van der Waals surface area (Å²) in [6, 6.07) is 0. The van der Waals surface area contributed by atoms with E-state index in [9.17, 15) is 18.5 Å². The lowest BCUT2D eigenvalue weighted by Crippen LogP contribution is -2.47. The molecular formula is C12H15FO6Si. The van der Waals surface area contributed by atoms with E-state index in [0.717, 1.165) is 0 Å². The van der Waals surface area contributed by atoms with E-state index >= 15 is 0 Å². The van der Waals surface area contributed by atoms with Crippen LogP contribution in [0, 0.1) is 0 Å². The van der Waals surface area contributed by atoms with Gasteiger partial charge in [0, 0.05) is 16.7 Å². The first-order chi connectivity index (χ1) is 8.98. The van der Waals surface area contributed by atoms with Crippen LogP contribution in [0.25, 0.3) is 0 Å². The Hall–Kier alpha value is -2.22. The molecule has 0 unspecified atom stereocenters. The van der Waals surface area contributed by atoms with Gasteiger partial charge in [-0.3, -0.25) is 0 Å². The van der Waals surface area contributed by atoms with Crippen molar-refractivity contribution in [3.05, 3.63) is 36.5 Å². The molecule has 0 saturated carbocycles. The minimum atomic E-state index is -5.36. The Morgan fingerprint density at radius 3 is 1.10 bits per heavy atom. The summed E-state index contributed by atoms with van der Waals surface area (Å²) in [5, 5.41) is 0. The van der Waals surface area contributed by atoms with E-state index in [0.29, 0.717) is 0 Å². The predicted molar refractivity (Wildman–Crippen MR) is 69.6 cm³/mol. The van der Waals surface area contributed by atoms with Crippen molar-refractivity contribution in [2.24, 2.45) is 0 Å². The molecule has 0 spiro atoms. The van der Waals surface area contributed by atoms with Gasteiger partial charge in [-0.15, -0.1) is 0 Å². The van der Waals surface area contributed by atoms with E-state index in [-0.39, 0.29) is 16.7 Å². The predicted octanol–water partition coefficient (Wildman–Crippen LogP) is 1.75. The molecule has 0 heterocycles. The summed E-state index contributed by atoms with van der Waals surface area (Å²) in [6.07, 6.45) is 0. The molecule has 0 aromatic rings. The summed E-state index contributed by atoms with van der Waals surface area (Å²) >= 11 is 0. The van der Waals surface area contributed by atoms with Crippen molar-refractivity contribution in [1.82, 2.24) is 0 Å². The van der Waals surface area contributed by atoms with Crippen molar-refractivity contribution < 1.29 is 31.8 Å². The zero-order chi connectivity index (χ0) is 16.1. The Labute approximate surface area is 117 Å². The van der Waals surface area contributed by atoms with E-state index < -0.39 is 27.0 Å². The van der Waals surface area contributed by atoms with Gasteiger partial charge in [-0.2, -0.15) is 4.11 Å². The van der Waals surface area contributed by atoms with E-state index in [1.54, 1.807) is 0 Å². The summed E-state index contributed by atoms with van der Waals surface area (Å²) in [5.74, 6) is -3.57. The average Bonchev–Trinajstić information content (AvgIpc) is 2.27. The van der Waals surface area contributed by atoms with Gasteiger partial charge in [0.15, 0.2) is 0 Å². The van der Waals surface area contributed by atoms with Gasteiger partial charge >= 0.3 is 27.0 Å². The van der Waals surface area contributed by atoms with Crippen LogP contribution >= 0.6 is 0 Å². The fraction of sp³-hybridized carbons (Fsp3) is 0.250. The molecule has 8 heteroatoms. The summed E-state index contributed by atoms with van der Waals surface area (Å²) in [7, 11) is -5.36. The van der Waals surface area contributed by atoms with Gasteiger partial charge in [-0.25, -0.2) is 14.4 Å². The Kier molecular flexibility index (Phi) is 6.05. The van der Waals surface area contributed by atoms with Crippen LogP contribution in [0.3, 0.4) is 0 Å². The van der Waals surface area contributed by atoms with Crippen LogP contribution in [-0.4, -0.2) is 27.0 Å². The Balaban J connectivity index is 5.21. The molecule has 0 aliphatic carbocycles. The minimum absolute atomic E-state index is 0.155. The first-order valence-electron chi connectivity index (χ1n) is 5.34. The Morgan fingerprint density at radius 2 is 0.950 bits per heavy atom. The van der Waals surface area contributed by atoms with Crippen molar-refractivity contribution in [1.29, 1.82) is 0 Å². The molecule has 0 fully saturated rings. The minimum Gasteiger partial charge on any atom is -0.426 e. The molecule has 0 saturated heterocycles. The standard InChI is InChI=1S/C12H15FO6Si/c1-7(2)10(14)17-20(13,18-11(15)8(3)4)19-12(16)9(5)6/h1,3,5H2,2,4,6H3. The number of halogens is 1. The molecule has 0 N–H and O–H groups in total. The van der Waals surface area contributed by atoms with Crippen molar-refractivity contribution in [3.8, 4) is 0 Å². The molecule has 0 rings (SSSR count). The maximum Gasteiger partial charge on any atom is 0.943 e. The number of hydrogen-bond donors (Lipinski definition) is 0. The third kappa shape index (κ3) is 5.61. The second-order valence-electron chi connectivity index (χ2n) is 3.99. The smallest absolute Gasteiger partial charge is 0.426 e. The normalized spacial score (nSPS) is 10.2.